The Morgan fingerprint density at radius 3 is 2.10 bits per heavy atom. The van der Waals surface area contributed by atoms with E-state index in [9.17, 15) is 18.0 Å². The maximum Gasteiger partial charge on any atom is 0.264 e. The van der Waals surface area contributed by atoms with E-state index in [0.717, 1.165) is 16.3 Å². The zero-order valence-electron chi connectivity index (χ0n) is 23.1. The molecule has 0 heterocycles. The summed E-state index contributed by atoms with van der Waals surface area (Å²) in [5.41, 5.74) is 1.82. The molecule has 0 saturated heterocycles. The van der Waals surface area contributed by atoms with Gasteiger partial charge in [0.05, 0.1) is 10.6 Å². The molecule has 0 bridgehead atoms. The van der Waals surface area contributed by atoms with Crippen molar-refractivity contribution in [3.63, 3.8) is 0 Å². The standard InChI is InChI=1S/C30H35Cl2N3O4S/c1-5-22(4)33-30(37)28(6-2)34(19-23-9-7-8-10-27(23)32)29(36)20-35(25-15-13-24(31)14-16-25)40(38,39)26-17-11-21(3)12-18-26/h7-18,22,28H,5-6,19-20H2,1-4H3,(H,33,37). The Kier molecular flexibility index (Phi) is 11.0. The molecule has 3 aromatic rings. The first-order chi connectivity index (χ1) is 19.0. The van der Waals surface area contributed by atoms with Crippen LogP contribution in [0.1, 0.15) is 44.7 Å². The minimum atomic E-state index is -4.15. The van der Waals surface area contributed by atoms with E-state index in [1.54, 1.807) is 60.7 Å². The summed E-state index contributed by atoms with van der Waals surface area (Å²) in [7, 11) is -4.15. The van der Waals surface area contributed by atoms with E-state index < -0.39 is 28.5 Å². The lowest BCUT2D eigenvalue weighted by molar-refractivity contribution is -0.140. The Morgan fingerprint density at radius 1 is 0.900 bits per heavy atom. The van der Waals surface area contributed by atoms with Crippen LogP contribution >= 0.6 is 23.2 Å². The predicted molar refractivity (Wildman–Crippen MR) is 161 cm³/mol. The second-order valence-electron chi connectivity index (χ2n) is 9.66. The number of benzene rings is 3. The molecule has 2 unspecified atom stereocenters. The summed E-state index contributed by atoms with van der Waals surface area (Å²) in [4.78, 5) is 28.8. The molecule has 7 nitrogen and oxygen atoms in total. The zero-order valence-corrected chi connectivity index (χ0v) is 25.4. The third kappa shape index (κ3) is 7.77. The highest BCUT2D eigenvalue weighted by molar-refractivity contribution is 7.92. The fraction of sp³-hybridized carbons (Fsp3) is 0.333. The van der Waals surface area contributed by atoms with Crippen molar-refractivity contribution in [1.82, 2.24) is 10.2 Å². The van der Waals surface area contributed by atoms with Gasteiger partial charge in [-0.25, -0.2) is 8.42 Å². The number of hydrogen-bond acceptors (Lipinski definition) is 4. The molecule has 2 atom stereocenters. The van der Waals surface area contributed by atoms with E-state index in [1.807, 2.05) is 27.7 Å². The summed E-state index contributed by atoms with van der Waals surface area (Å²) in [5, 5.41) is 3.83. The molecule has 40 heavy (non-hydrogen) atoms. The summed E-state index contributed by atoms with van der Waals surface area (Å²) in [6.07, 6.45) is 1.05. The number of amides is 2. The van der Waals surface area contributed by atoms with Gasteiger partial charge in [0.1, 0.15) is 12.6 Å². The number of carbonyl (C=O) groups is 2. The molecule has 3 rings (SSSR count). The quantitative estimate of drug-likeness (QED) is 0.266. The van der Waals surface area contributed by atoms with Crippen LogP contribution in [0.2, 0.25) is 10.0 Å². The van der Waals surface area contributed by atoms with Gasteiger partial charge in [-0.05, 0) is 74.7 Å². The molecular weight excluding hydrogens is 569 g/mol. The first-order valence-corrected chi connectivity index (χ1v) is 15.4. The van der Waals surface area contributed by atoms with E-state index in [1.165, 1.54) is 17.0 Å². The minimum absolute atomic E-state index is 0.0317. The van der Waals surface area contributed by atoms with Gasteiger partial charge in [0.15, 0.2) is 0 Å². The number of carbonyl (C=O) groups excluding carboxylic acids is 2. The summed E-state index contributed by atoms with van der Waals surface area (Å²) in [5.74, 6) is -0.853. The zero-order chi connectivity index (χ0) is 29.4. The van der Waals surface area contributed by atoms with E-state index >= 15 is 0 Å². The van der Waals surface area contributed by atoms with Crippen LogP contribution in [0, 0.1) is 6.92 Å². The van der Waals surface area contributed by atoms with Gasteiger partial charge in [0.2, 0.25) is 11.8 Å². The summed E-state index contributed by atoms with van der Waals surface area (Å²) in [6.45, 7) is 7.02. The van der Waals surface area contributed by atoms with Crippen LogP contribution in [0.3, 0.4) is 0 Å². The Balaban J connectivity index is 2.06. The Bertz CT molecular complexity index is 1410. The van der Waals surface area contributed by atoms with Crippen molar-refractivity contribution in [3.8, 4) is 0 Å². The molecule has 0 fully saturated rings. The summed E-state index contributed by atoms with van der Waals surface area (Å²) in [6, 6.07) is 18.8. The van der Waals surface area contributed by atoms with Crippen molar-refractivity contribution in [2.24, 2.45) is 0 Å². The molecule has 0 aliphatic rings. The lowest BCUT2D eigenvalue weighted by atomic mass is 10.1. The summed E-state index contributed by atoms with van der Waals surface area (Å²) < 4.78 is 28.8. The molecule has 0 aromatic heterocycles. The van der Waals surface area contributed by atoms with Gasteiger partial charge in [0.25, 0.3) is 10.0 Å². The second kappa shape index (κ2) is 14.0. The maximum absolute atomic E-state index is 14.1. The molecule has 2 amide bonds. The van der Waals surface area contributed by atoms with Crippen LogP contribution in [0.15, 0.2) is 77.7 Å². The molecule has 3 aromatic carbocycles. The molecule has 0 saturated carbocycles. The first kappa shape index (κ1) is 31.5. The number of rotatable bonds is 12. The number of halogens is 2. The minimum Gasteiger partial charge on any atom is -0.352 e. The van der Waals surface area contributed by atoms with Gasteiger partial charge >= 0.3 is 0 Å². The molecule has 0 aliphatic heterocycles. The smallest absolute Gasteiger partial charge is 0.264 e. The summed E-state index contributed by atoms with van der Waals surface area (Å²) >= 11 is 12.5. The molecular formula is C30H35Cl2N3O4S. The van der Waals surface area contributed by atoms with Crippen molar-refractivity contribution >= 4 is 50.7 Å². The maximum atomic E-state index is 14.1. The molecule has 10 heteroatoms. The molecule has 0 radical (unpaired) electrons. The Labute approximate surface area is 247 Å². The monoisotopic (exact) mass is 603 g/mol. The fourth-order valence-electron chi connectivity index (χ4n) is 4.14. The van der Waals surface area contributed by atoms with E-state index in [-0.39, 0.29) is 29.1 Å². The van der Waals surface area contributed by atoms with Crippen molar-refractivity contribution in [3.05, 3.63) is 94.0 Å². The number of nitrogens with one attached hydrogen (secondary N) is 1. The van der Waals surface area contributed by atoms with E-state index in [4.69, 9.17) is 23.2 Å². The van der Waals surface area contributed by atoms with Gasteiger partial charge in [-0.15, -0.1) is 0 Å². The first-order valence-electron chi connectivity index (χ1n) is 13.2. The average Bonchev–Trinajstić information content (AvgIpc) is 2.93. The van der Waals surface area contributed by atoms with Gasteiger partial charge in [0, 0.05) is 22.6 Å². The second-order valence-corrected chi connectivity index (χ2v) is 12.4. The number of aryl methyl sites for hydroxylation is 1. The van der Waals surface area contributed by atoms with Crippen molar-refractivity contribution in [2.45, 2.75) is 64.1 Å². The Morgan fingerprint density at radius 2 is 1.52 bits per heavy atom. The average molecular weight is 605 g/mol. The van der Waals surface area contributed by atoms with Crippen LogP contribution in [0.25, 0.3) is 0 Å². The topological polar surface area (TPSA) is 86.8 Å². The Hall–Kier alpha value is -3.07. The highest BCUT2D eigenvalue weighted by atomic mass is 35.5. The molecule has 1 N–H and O–H groups in total. The van der Waals surface area contributed by atoms with Crippen LogP contribution in [-0.4, -0.2) is 43.8 Å². The van der Waals surface area contributed by atoms with Crippen LogP contribution in [0.5, 0.6) is 0 Å². The van der Waals surface area contributed by atoms with Crippen LogP contribution in [0.4, 0.5) is 5.69 Å². The van der Waals surface area contributed by atoms with E-state index in [2.05, 4.69) is 5.32 Å². The van der Waals surface area contributed by atoms with Crippen molar-refractivity contribution in [1.29, 1.82) is 0 Å². The van der Waals surface area contributed by atoms with Crippen molar-refractivity contribution in [2.75, 3.05) is 10.8 Å². The van der Waals surface area contributed by atoms with Crippen molar-refractivity contribution < 1.29 is 18.0 Å². The number of anilines is 1. The third-order valence-corrected chi connectivity index (χ3v) is 9.10. The number of sulfonamides is 1. The van der Waals surface area contributed by atoms with Crippen LogP contribution < -0.4 is 9.62 Å². The number of nitrogens with zero attached hydrogens (tertiary/aromatic N) is 2. The molecule has 0 aliphatic carbocycles. The van der Waals surface area contributed by atoms with Crippen LogP contribution in [-0.2, 0) is 26.2 Å². The number of hydrogen-bond donors (Lipinski definition) is 1. The van der Waals surface area contributed by atoms with Gasteiger partial charge in [-0.3, -0.25) is 13.9 Å². The largest absolute Gasteiger partial charge is 0.352 e. The third-order valence-electron chi connectivity index (χ3n) is 6.69. The lowest BCUT2D eigenvalue weighted by Gasteiger charge is -2.34. The van der Waals surface area contributed by atoms with Gasteiger partial charge in [-0.1, -0.05) is 72.9 Å². The highest BCUT2D eigenvalue weighted by Crippen LogP contribution is 2.27. The van der Waals surface area contributed by atoms with E-state index in [0.29, 0.717) is 22.0 Å². The van der Waals surface area contributed by atoms with Gasteiger partial charge < -0.3 is 10.2 Å². The predicted octanol–water partition coefficient (Wildman–Crippen LogP) is 6.22. The normalized spacial score (nSPS) is 12.8. The lowest BCUT2D eigenvalue weighted by Crippen LogP contribution is -2.53. The molecule has 214 valence electrons. The van der Waals surface area contributed by atoms with Gasteiger partial charge in [-0.2, -0.15) is 0 Å². The fourth-order valence-corrected chi connectivity index (χ4v) is 5.88. The highest BCUT2D eigenvalue weighted by Gasteiger charge is 2.34. The molecule has 0 spiro atoms. The SMILES string of the molecule is CCC(C)NC(=O)C(CC)N(Cc1ccccc1Cl)C(=O)CN(c1ccc(Cl)cc1)S(=O)(=O)c1ccc(C)cc1.